The second-order valence-corrected chi connectivity index (χ2v) is 10.4. The predicted octanol–water partition coefficient (Wildman–Crippen LogP) is 5.84. The van der Waals surface area contributed by atoms with Crippen LogP contribution >= 0.6 is 11.6 Å². The highest BCUT2D eigenvalue weighted by Gasteiger charge is 2.19. The highest BCUT2D eigenvalue weighted by atomic mass is 35.5. The maximum atomic E-state index is 12.7. The highest BCUT2D eigenvalue weighted by molar-refractivity contribution is 6.30. The first-order valence-electron chi connectivity index (χ1n) is 13.4. The lowest BCUT2D eigenvalue weighted by atomic mass is 10.1. The number of aryl methyl sites for hydroxylation is 1. The minimum Gasteiger partial charge on any atom is -0.495 e. The molecule has 0 saturated carbocycles. The number of halogens is 1. The van der Waals surface area contributed by atoms with E-state index in [4.69, 9.17) is 16.3 Å². The Hall–Kier alpha value is -4.07. The molecule has 7 nitrogen and oxygen atoms in total. The number of nitrogens with zero attached hydrogens (tertiary/aromatic N) is 4. The molecule has 1 amide bonds. The number of methoxy groups -OCH3 is 1. The van der Waals surface area contributed by atoms with Crippen LogP contribution < -0.4 is 15.1 Å². The number of hydrazone groups is 1. The number of carbonyl (C=O) groups excluding carboxylic acids is 1. The minimum absolute atomic E-state index is 0.236. The fourth-order valence-electron chi connectivity index (χ4n) is 5.19. The zero-order valence-corrected chi connectivity index (χ0v) is 23.9. The van der Waals surface area contributed by atoms with E-state index in [2.05, 4.69) is 37.0 Å². The summed E-state index contributed by atoms with van der Waals surface area (Å²) < 4.78 is 7.66. The molecule has 0 bridgehead atoms. The smallest absolute Gasteiger partial charge is 0.271 e. The number of hydrogen-bond donors (Lipinski definition) is 1. The SMILES string of the molecule is COc1ccccc1N1CCN(Cc2ccc(C(=O)NN=Cc3cc(C)n(-c4ccc(Cl)cc4)c3C)cc2)CC1. The van der Waals surface area contributed by atoms with Crippen molar-refractivity contribution in [3.8, 4) is 11.4 Å². The van der Waals surface area contributed by atoms with Gasteiger partial charge in [0.25, 0.3) is 5.91 Å². The Kier molecular flexibility index (Phi) is 8.53. The van der Waals surface area contributed by atoms with Crippen LogP contribution in [0.25, 0.3) is 5.69 Å². The summed E-state index contributed by atoms with van der Waals surface area (Å²) in [5.74, 6) is 0.676. The lowest BCUT2D eigenvalue weighted by Crippen LogP contribution is -2.46. The van der Waals surface area contributed by atoms with Gasteiger partial charge < -0.3 is 14.2 Å². The Morgan fingerprint density at radius 2 is 1.68 bits per heavy atom. The molecule has 0 aliphatic carbocycles. The summed E-state index contributed by atoms with van der Waals surface area (Å²) in [6.45, 7) is 8.74. The lowest BCUT2D eigenvalue weighted by Gasteiger charge is -2.36. The van der Waals surface area contributed by atoms with E-state index in [9.17, 15) is 4.79 Å². The van der Waals surface area contributed by atoms with Gasteiger partial charge in [-0.15, -0.1) is 0 Å². The Morgan fingerprint density at radius 3 is 2.38 bits per heavy atom. The normalized spacial score (nSPS) is 14.1. The molecule has 8 heteroatoms. The number of para-hydroxylation sites is 2. The summed E-state index contributed by atoms with van der Waals surface area (Å²) in [4.78, 5) is 17.5. The number of carbonyl (C=O) groups is 1. The van der Waals surface area contributed by atoms with Gasteiger partial charge >= 0.3 is 0 Å². The van der Waals surface area contributed by atoms with Crippen molar-refractivity contribution in [1.82, 2.24) is 14.9 Å². The van der Waals surface area contributed by atoms with E-state index < -0.39 is 0 Å². The van der Waals surface area contributed by atoms with E-state index in [1.54, 1.807) is 13.3 Å². The van der Waals surface area contributed by atoms with Gasteiger partial charge in [0.15, 0.2) is 0 Å². The maximum Gasteiger partial charge on any atom is 0.271 e. The van der Waals surface area contributed by atoms with Gasteiger partial charge in [-0.05, 0) is 74.0 Å². The van der Waals surface area contributed by atoms with Crippen molar-refractivity contribution < 1.29 is 9.53 Å². The third kappa shape index (κ3) is 6.22. The summed E-state index contributed by atoms with van der Waals surface area (Å²) in [7, 11) is 1.72. The molecule has 0 radical (unpaired) electrons. The Balaban J connectivity index is 1.14. The third-order valence-corrected chi connectivity index (χ3v) is 7.60. The van der Waals surface area contributed by atoms with Gasteiger partial charge in [0.1, 0.15) is 5.75 Å². The standard InChI is InChI=1S/C32H34ClN5O2/c1-23-20-27(24(2)38(23)29-14-12-28(33)13-15-29)21-34-35-32(39)26-10-8-25(9-11-26)22-36-16-18-37(19-17-36)30-6-4-5-7-31(30)40-3/h4-15,20-21H,16-19,22H2,1-3H3,(H,35,39). The zero-order chi connectivity index (χ0) is 28.1. The molecule has 0 unspecified atom stereocenters. The first-order valence-corrected chi connectivity index (χ1v) is 13.8. The molecule has 0 atom stereocenters. The number of nitrogens with one attached hydrogen (secondary N) is 1. The van der Waals surface area contributed by atoms with Gasteiger partial charge in [0.2, 0.25) is 0 Å². The van der Waals surface area contributed by atoms with Crippen LogP contribution in [-0.2, 0) is 6.54 Å². The van der Waals surface area contributed by atoms with Crippen LogP contribution in [0.15, 0.2) is 84.0 Å². The number of aromatic nitrogens is 1. The van der Waals surface area contributed by atoms with Gasteiger partial charge in [-0.2, -0.15) is 5.10 Å². The van der Waals surface area contributed by atoms with E-state index in [1.807, 2.05) is 80.6 Å². The number of amides is 1. The van der Waals surface area contributed by atoms with Crippen molar-refractivity contribution >= 4 is 29.4 Å². The molecule has 4 aromatic rings. The van der Waals surface area contributed by atoms with Gasteiger partial charge in [0.05, 0.1) is 19.0 Å². The fourth-order valence-corrected chi connectivity index (χ4v) is 5.31. The second-order valence-electron chi connectivity index (χ2n) is 9.97. The second kappa shape index (κ2) is 12.4. The van der Waals surface area contributed by atoms with Crippen LogP contribution in [0.1, 0.15) is 32.9 Å². The van der Waals surface area contributed by atoms with Crippen LogP contribution in [0.2, 0.25) is 5.02 Å². The lowest BCUT2D eigenvalue weighted by molar-refractivity contribution is 0.0955. The van der Waals surface area contributed by atoms with Crippen LogP contribution in [0.3, 0.4) is 0 Å². The van der Waals surface area contributed by atoms with Crippen molar-refractivity contribution in [3.05, 3.63) is 112 Å². The molecule has 2 heterocycles. The Bertz CT molecular complexity index is 1490. The largest absolute Gasteiger partial charge is 0.495 e. The molecule has 1 aliphatic rings. The fraction of sp³-hybridized carbons (Fsp3) is 0.250. The van der Waals surface area contributed by atoms with Crippen LogP contribution in [-0.4, -0.2) is 54.9 Å². The molecule has 5 rings (SSSR count). The van der Waals surface area contributed by atoms with Gasteiger partial charge in [-0.1, -0.05) is 35.9 Å². The summed E-state index contributed by atoms with van der Waals surface area (Å²) >= 11 is 6.04. The average molecular weight is 556 g/mol. The van der Waals surface area contributed by atoms with Crippen molar-refractivity contribution in [2.24, 2.45) is 5.10 Å². The van der Waals surface area contributed by atoms with E-state index in [0.717, 1.165) is 66.8 Å². The monoisotopic (exact) mass is 555 g/mol. The van der Waals surface area contributed by atoms with Crippen LogP contribution in [0.5, 0.6) is 5.75 Å². The molecule has 3 aromatic carbocycles. The van der Waals surface area contributed by atoms with Gasteiger partial charge in [-0.25, -0.2) is 5.43 Å². The van der Waals surface area contributed by atoms with Crippen LogP contribution in [0.4, 0.5) is 5.69 Å². The summed E-state index contributed by atoms with van der Waals surface area (Å²) in [5, 5.41) is 4.92. The number of ether oxygens (including phenoxy) is 1. The Morgan fingerprint density at radius 1 is 0.975 bits per heavy atom. The van der Waals surface area contributed by atoms with Crippen molar-refractivity contribution in [1.29, 1.82) is 0 Å². The van der Waals surface area contributed by atoms with E-state index in [0.29, 0.717) is 10.6 Å². The number of benzene rings is 3. The summed E-state index contributed by atoms with van der Waals surface area (Å²) in [6.07, 6.45) is 1.69. The number of hydrogen-bond acceptors (Lipinski definition) is 5. The predicted molar refractivity (Wildman–Crippen MR) is 162 cm³/mol. The number of piperazine rings is 1. The van der Waals surface area contributed by atoms with E-state index >= 15 is 0 Å². The zero-order valence-electron chi connectivity index (χ0n) is 23.1. The van der Waals surface area contributed by atoms with Crippen molar-refractivity contribution in [3.63, 3.8) is 0 Å². The highest BCUT2D eigenvalue weighted by Crippen LogP contribution is 2.28. The quantitative estimate of drug-likeness (QED) is 0.219. The topological polar surface area (TPSA) is 62.1 Å². The average Bonchev–Trinajstić information content (AvgIpc) is 3.26. The van der Waals surface area contributed by atoms with Crippen molar-refractivity contribution in [2.75, 3.05) is 38.2 Å². The molecule has 1 fully saturated rings. The minimum atomic E-state index is -0.236. The van der Waals surface area contributed by atoms with E-state index in [-0.39, 0.29) is 5.91 Å². The molecule has 1 N–H and O–H groups in total. The molecular weight excluding hydrogens is 522 g/mol. The molecule has 1 saturated heterocycles. The van der Waals surface area contributed by atoms with Gasteiger partial charge in [0, 0.05) is 65.9 Å². The summed E-state index contributed by atoms with van der Waals surface area (Å²) in [5.41, 5.74) is 9.64. The molecule has 1 aromatic heterocycles. The Labute approximate surface area is 240 Å². The van der Waals surface area contributed by atoms with Gasteiger partial charge in [-0.3, -0.25) is 9.69 Å². The molecular formula is C32H34ClN5O2. The first kappa shape index (κ1) is 27.5. The third-order valence-electron chi connectivity index (χ3n) is 7.35. The van der Waals surface area contributed by atoms with Crippen molar-refractivity contribution in [2.45, 2.75) is 20.4 Å². The summed E-state index contributed by atoms with van der Waals surface area (Å²) in [6, 6.07) is 25.7. The number of rotatable bonds is 8. The van der Waals surface area contributed by atoms with Crippen LogP contribution in [0, 0.1) is 13.8 Å². The molecule has 0 spiro atoms. The van der Waals surface area contributed by atoms with E-state index in [1.165, 1.54) is 5.56 Å². The number of anilines is 1. The molecule has 1 aliphatic heterocycles. The first-order chi connectivity index (χ1) is 19.4. The molecule has 206 valence electrons. The maximum absolute atomic E-state index is 12.7. The molecule has 40 heavy (non-hydrogen) atoms.